The van der Waals surface area contributed by atoms with Crippen LogP contribution in [0.5, 0.6) is 5.75 Å². The number of pyridine rings is 1. The summed E-state index contributed by atoms with van der Waals surface area (Å²) in [6.07, 6.45) is 0. The van der Waals surface area contributed by atoms with Crippen LogP contribution in [0.3, 0.4) is 0 Å². The third kappa shape index (κ3) is 7.83. The highest BCUT2D eigenvalue weighted by molar-refractivity contribution is 6.17. The first kappa shape index (κ1) is 35.1. The average molecular weight is 637 g/mol. The van der Waals surface area contributed by atoms with Gasteiger partial charge < -0.3 is 26.8 Å². The third-order valence-corrected chi connectivity index (χ3v) is 5.85. The largest absolute Gasteiger partial charge is 0.494 e. The Kier molecular flexibility index (Phi) is 13.0. The summed E-state index contributed by atoms with van der Waals surface area (Å²) in [4.78, 5) is 30.7. The number of benzene rings is 4. The number of nitrogens with one attached hydrogen (secondary N) is 2. The van der Waals surface area contributed by atoms with Crippen LogP contribution in [0.1, 0.15) is 27.6 Å². The van der Waals surface area contributed by atoms with Crippen molar-refractivity contribution in [3.05, 3.63) is 96.1 Å². The quantitative estimate of drug-likeness (QED) is 0.116. The smallest absolute Gasteiger partial charge is 0.255 e. The lowest BCUT2D eigenvalue weighted by Crippen LogP contribution is -2.14. The van der Waals surface area contributed by atoms with E-state index in [2.05, 4.69) is 10.6 Å². The van der Waals surface area contributed by atoms with Crippen molar-refractivity contribution in [2.75, 3.05) is 28.7 Å². The topological polar surface area (TPSA) is 132 Å². The van der Waals surface area contributed by atoms with Gasteiger partial charge in [0.1, 0.15) is 5.75 Å². The number of fused-ring (bicyclic) bond motifs is 2. The van der Waals surface area contributed by atoms with Crippen molar-refractivity contribution < 1.29 is 14.3 Å². The summed E-state index contributed by atoms with van der Waals surface area (Å²) in [6, 6.07) is 24.4. The molecule has 0 fully saturated rings. The number of nitrogens with zero attached hydrogens (tertiary/aromatic N) is 1. The summed E-state index contributed by atoms with van der Waals surface area (Å²) in [5, 5.41) is 7.37. The van der Waals surface area contributed by atoms with Crippen LogP contribution in [0.2, 0.25) is 0 Å². The van der Waals surface area contributed by atoms with E-state index in [4.69, 9.17) is 21.2 Å². The van der Waals surface area contributed by atoms with Gasteiger partial charge in [-0.2, -0.15) is 0 Å². The van der Waals surface area contributed by atoms with Crippen molar-refractivity contribution in [2.24, 2.45) is 0 Å². The van der Waals surface area contributed by atoms with Crippen LogP contribution in [0.25, 0.3) is 21.8 Å². The van der Waals surface area contributed by atoms with Crippen LogP contribution in [-0.4, -0.2) is 23.4 Å². The maximum atomic E-state index is 13.2. The lowest BCUT2D eigenvalue weighted by molar-refractivity contribution is 0.101. The fourth-order valence-electron chi connectivity index (χ4n) is 4.14. The Hall–Kier alpha value is -3.95. The normalized spacial score (nSPS) is 9.78. The van der Waals surface area contributed by atoms with Gasteiger partial charge in [-0.15, -0.1) is 49.6 Å². The maximum absolute atomic E-state index is 13.2. The lowest BCUT2D eigenvalue weighted by Gasteiger charge is -2.15. The molecule has 0 spiro atoms. The number of hydrogen-bond donors (Lipinski definition) is 4. The molecule has 0 bridgehead atoms. The fraction of sp³-hybridized carbons (Fsp3) is 0.0690. The molecule has 0 radical (unpaired) electrons. The fourth-order valence-corrected chi connectivity index (χ4v) is 4.14. The van der Waals surface area contributed by atoms with Crippen LogP contribution in [-0.2, 0) is 0 Å². The van der Waals surface area contributed by atoms with E-state index in [-0.39, 0.29) is 61.4 Å². The minimum Gasteiger partial charge on any atom is -0.494 e. The lowest BCUT2D eigenvalue weighted by atomic mass is 10.1. The Morgan fingerprint density at radius 3 is 1.90 bits per heavy atom. The van der Waals surface area contributed by atoms with E-state index < -0.39 is 0 Å². The van der Waals surface area contributed by atoms with Gasteiger partial charge in [0, 0.05) is 39.0 Å². The molecule has 0 atom stereocenters. The zero-order valence-electron chi connectivity index (χ0n) is 21.7. The minimum absolute atomic E-state index is 0. The number of carbonyl (C=O) groups excluding carboxylic acids is 2. The Balaban J connectivity index is 0.00000210. The molecule has 1 aromatic heterocycles. The number of rotatable bonds is 6. The highest BCUT2D eigenvalue weighted by Gasteiger charge is 2.16. The summed E-state index contributed by atoms with van der Waals surface area (Å²) in [7, 11) is 0. The zero-order valence-corrected chi connectivity index (χ0v) is 25.0. The molecule has 0 unspecified atom stereocenters. The summed E-state index contributed by atoms with van der Waals surface area (Å²) in [6.45, 7) is 2.42. The molecule has 0 saturated carbocycles. The van der Waals surface area contributed by atoms with Crippen molar-refractivity contribution in [3.8, 4) is 5.75 Å². The van der Waals surface area contributed by atoms with Gasteiger partial charge in [0.15, 0.2) is 0 Å². The number of carbonyl (C=O) groups is 2. The Labute approximate surface area is 261 Å². The first-order valence-electron chi connectivity index (χ1n) is 11.8. The summed E-state index contributed by atoms with van der Waals surface area (Å²) in [5.41, 5.74) is 16.0. The minimum atomic E-state index is -0.304. The van der Waals surface area contributed by atoms with Gasteiger partial charge in [0.2, 0.25) is 0 Å². The van der Waals surface area contributed by atoms with Crippen molar-refractivity contribution >= 4 is 106 Å². The summed E-state index contributed by atoms with van der Waals surface area (Å²) < 4.78 is 5.69. The zero-order chi connectivity index (χ0) is 25.9. The molecule has 6 N–H and O–H groups in total. The molecule has 1 heterocycles. The number of nitrogen functional groups attached to an aromatic ring is 2. The van der Waals surface area contributed by atoms with E-state index in [0.29, 0.717) is 62.7 Å². The van der Waals surface area contributed by atoms with Gasteiger partial charge in [-0.3, -0.25) is 9.59 Å². The number of nitrogens with two attached hydrogens (primary N) is 2. The van der Waals surface area contributed by atoms with Crippen LogP contribution >= 0.6 is 49.6 Å². The van der Waals surface area contributed by atoms with Crippen molar-refractivity contribution in [2.45, 2.75) is 6.92 Å². The van der Waals surface area contributed by atoms with E-state index in [1.54, 1.807) is 60.7 Å². The first-order valence-corrected chi connectivity index (χ1v) is 11.8. The summed E-state index contributed by atoms with van der Waals surface area (Å²) >= 11 is 0. The molecule has 12 heteroatoms. The SMILES string of the molecule is CCOc1ccc2nc3cc(NC(=O)c4cccc(N)c4)ccc3c(NC(=O)c3cccc(N)c3)c2c1.Cl.Cl.Cl.Cl. The van der Waals surface area contributed by atoms with E-state index in [9.17, 15) is 9.59 Å². The molecular weight excluding hydrogens is 608 g/mol. The Morgan fingerprint density at radius 2 is 1.32 bits per heavy atom. The van der Waals surface area contributed by atoms with Crippen molar-refractivity contribution in [3.63, 3.8) is 0 Å². The van der Waals surface area contributed by atoms with Crippen molar-refractivity contribution in [1.82, 2.24) is 4.98 Å². The predicted molar refractivity (Wildman–Crippen MR) is 177 cm³/mol. The van der Waals surface area contributed by atoms with Crippen molar-refractivity contribution in [1.29, 1.82) is 0 Å². The molecule has 0 saturated heterocycles. The van der Waals surface area contributed by atoms with E-state index in [1.807, 2.05) is 31.2 Å². The Bertz CT molecular complexity index is 1680. The molecule has 5 aromatic rings. The number of amides is 2. The average Bonchev–Trinajstić information content (AvgIpc) is 2.89. The molecule has 2 amide bonds. The molecular formula is C29H29Cl4N5O3. The second-order valence-electron chi connectivity index (χ2n) is 8.49. The highest BCUT2D eigenvalue weighted by Crippen LogP contribution is 2.35. The van der Waals surface area contributed by atoms with E-state index in [1.165, 1.54) is 0 Å². The molecule has 0 aliphatic heterocycles. The molecule has 0 aliphatic rings. The standard InChI is InChI=1S/C29H25N5O3.4ClH/c1-2-37-22-10-12-25-24(16-22)27(34-29(36)18-6-4-8-20(31)14-18)23-11-9-21(15-26(23)33-25)32-28(35)17-5-3-7-19(30)13-17;;;;/h3-16H,2,30-31H2,1H3,(H,32,35)(H,33,34,36);4*1H. The molecule has 5 rings (SSSR count). The van der Waals surface area contributed by atoms with Crippen LogP contribution < -0.4 is 26.8 Å². The molecule has 0 aliphatic carbocycles. The molecule has 216 valence electrons. The Morgan fingerprint density at radius 1 is 0.707 bits per heavy atom. The van der Waals surface area contributed by atoms with Gasteiger partial charge in [-0.05, 0) is 79.7 Å². The number of ether oxygens (including phenoxy) is 1. The van der Waals surface area contributed by atoms with Gasteiger partial charge in [-0.1, -0.05) is 12.1 Å². The highest BCUT2D eigenvalue weighted by atomic mass is 35.5. The van der Waals surface area contributed by atoms with Gasteiger partial charge >= 0.3 is 0 Å². The van der Waals surface area contributed by atoms with Gasteiger partial charge in [0.05, 0.1) is 23.3 Å². The number of aromatic nitrogens is 1. The third-order valence-electron chi connectivity index (χ3n) is 5.85. The maximum Gasteiger partial charge on any atom is 0.255 e. The molecule has 4 aromatic carbocycles. The predicted octanol–water partition coefficient (Wildman–Crippen LogP) is 7.14. The number of hydrogen-bond acceptors (Lipinski definition) is 6. The van der Waals surface area contributed by atoms with Crippen LogP contribution in [0, 0.1) is 0 Å². The monoisotopic (exact) mass is 635 g/mol. The van der Waals surface area contributed by atoms with E-state index in [0.717, 1.165) is 5.39 Å². The van der Waals surface area contributed by atoms with Crippen LogP contribution in [0.4, 0.5) is 22.7 Å². The first-order chi connectivity index (χ1) is 17.9. The second kappa shape index (κ2) is 15.2. The van der Waals surface area contributed by atoms with Gasteiger partial charge in [-0.25, -0.2) is 4.98 Å². The number of anilines is 4. The molecule has 8 nitrogen and oxygen atoms in total. The van der Waals surface area contributed by atoms with E-state index >= 15 is 0 Å². The second-order valence-corrected chi connectivity index (χ2v) is 8.49. The summed E-state index contributed by atoms with van der Waals surface area (Å²) in [5.74, 6) is 0.0765. The van der Waals surface area contributed by atoms with Gasteiger partial charge in [0.25, 0.3) is 11.8 Å². The van der Waals surface area contributed by atoms with Crippen LogP contribution in [0.15, 0.2) is 84.9 Å². The molecule has 41 heavy (non-hydrogen) atoms. The number of halogens is 4.